The Balaban J connectivity index is 2.63. The van der Waals surface area contributed by atoms with Crippen LogP contribution < -0.4 is 5.32 Å². The van der Waals surface area contributed by atoms with Crippen LogP contribution >= 0.6 is 0 Å². The number of hydrogen-bond acceptors (Lipinski definition) is 10. The lowest BCUT2D eigenvalue weighted by Crippen LogP contribution is -2.61. The van der Waals surface area contributed by atoms with E-state index in [0.29, 0.717) is 12.8 Å². The maximum Gasteiger partial charge on any atom is 0.306 e. The molecule has 0 aromatic carbocycles. The molecule has 1 amide bonds. The number of amides is 1. The van der Waals surface area contributed by atoms with Gasteiger partial charge in [-0.25, -0.2) is 0 Å². The molecule has 79 heavy (non-hydrogen) atoms. The maximum atomic E-state index is 13.4. The number of aliphatic hydroxyl groups is 5. The van der Waals surface area contributed by atoms with Gasteiger partial charge in [-0.2, -0.15) is 0 Å². The molecule has 1 aliphatic rings. The normalized spacial score (nSPS) is 19.2. The predicted octanol–water partition coefficient (Wildman–Crippen LogP) is 16.2. The summed E-state index contributed by atoms with van der Waals surface area (Å²) < 4.78 is 17.6. The molecule has 1 heterocycles. The topological polar surface area (TPSA) is 175 Å². The molecular weight excluding hydrogens is 991 g/mol. The van der Waals surface area contributed by atoms with Crippen molar-refractivity contribution in [3.05, 3.63) is 60.8 Å². The number of hydrogen-bond donors (Lipinski definition) is 6. The van der Waals surface area contributed by atoms with Gasteiger partial charge in [-0.1, -0.05) is 261 Å². The van der Waals surface area contributed by atoms with E-state index in [1.807, 2.05) is 6.08 Å². The first-order valence-corrected chi connectivity index (χ1v) is 33.1. The Hall–Kier alpha value is -2.64. The quantitative estimate of drug-likeness (QED) is 0.0195. The Morgan fingerprint density at radius 3 is 1.34 bits per heavy atom. The number of aliphatic hydroxyl groups excluding tert-OH is 5. The summed E-state index contributed by atoms with van der Waals surface area (Å²) in [5, 5.41) is 57.1. The molecule has 1 rings (SSSR count). The molecule has 460 valence electrons. The molecule has 1 saturated heterocycles. The van der Waals surface area contributed by atoms with E-state index in [2.05, 4.69) is 74.7 Å². The van der Waals surface area contributed by atoms with Gasteiger partial charge in [0.1, 0.15) is 24.4 Å². The van der Waals surface area contributed by atoms with Gasteiger partial charge < -0.3 is 45.1 Å². The van der Waals surface area contributed by atoms with E-state index in [0.717, 1.165) is 83.5 Å². The minimum Gasteiger partial charge on any atom is -0.454 e. The average molecular weight is 1110 g/mol. The van der Waals surface area contributed by atoms with Crippen molar-refractivity contribution in [3.63, 3.8) is 0 Å². The van der Waals surface area contributed by atoms with Gasteiger partial charge in [0.15, 0.2) is 12.4 Å². The molecule has 0 bridgehead atoms. The minimum absolute atomic E-state index is 0.120. The van der Waals surface area contributed by atoms with E-state index in [4.69, 9.17) is 14.2 Å². The highest BCUT2D eigenvalue weighted by molar-refractivity contribution is 5.80. The Kier molecular flexibility index (Phi) is 52.6. The Morgan fingerprint density at radius 2 is 0.873 bits per heavy atom. The van der Waals surface area contributed by atoms with E-state index in [1.165, 1.54) is 167 Å². The Labute approximate surface area is 484 Å². The highest BCUT2D eigenvalue weighted by Gasteiger charge is 2.47. The number of unbranched alkanes of at least 4 members (excludes halogenated alkanes) is 34. The second kappa shape index (κ2) is 55.9. The van der Waals surface area contributed by atoms with Crippen molar-refractivity contribution in [1.82, 2.24) is 5.32 Å². The van der Waals surface area contributed by atoms with Crippen LogP contribution in [0.4, 0.5) is 0 Å². The van der Waals surface area contributed by atoms with Gasteiger partial charge in [0.05, 0.1) is 25.4 Å². The van der Waals surface area contributed by atoms with Gasteiger partial charge in [0, 0.05) is 6.42 Å². The molecule has 0 spiro atoms. The summed E-state index contributed by atoms with van der Waals surface area (Å²) in [7, 11) is 0. The zero-order valence-corrected chi connectivity index (χ0v) is 51.0. The van der Waals surface area contributed by atoms with Gasteiger partial charge >= 0.3 is 5.97 Å². The summed E-state index contributed by atoms with van der Waals surface area (Å²) in [6, 6.07) is -1.03. The van der Waals surface area contributed by atoms with Crippen molar-refractivity contribution in [1.29, 1.82) is 0 Å². The van der Waals surface area contributed by atoms with Crippen LogP contribution in [0, 0.1) is 0 Å². The van der Waals surface area contributed by atoms with Crippen molar-refractivity contribution >= 4 is 11.9 Å². The molecule has 1 fully saturated rings. The van der Waals surface area contributed by atoms with Crippen molar-refractivity contribution in [2.24, 2.45) is 0 Å². The van der Waals surface area contributed by atoms with E-state index in [9.17, 15) is 35.1 Å². The van der Waals surface area contributed by atoms with Crippen molar-refractivity contribution in [2.75, 3.05) is 13.2 Å². The Bertz CT molecular complexity index is 1510. The molecule has 0 aromatic rings. The molecule has 0 radical (unpaired) electrons. The fraction of sp³-hybridized carbons (Fsp3) is 0.824. The van der Waals surface area contributed by atoms with Crippen LogP contribution in [0.2, 0.25) is 0 Å². The third-order valence-electron chi connectivity index (χ3n) is 15.4. The molecule has 1 aliphatic heterocycles. The van der Waals surface area contributed by atoms with Crippen LogP contribution in [0.1, 0.15) is 297 Å². The number of allylic oxidation sites excluding steroid dienone is 9. The highest BCUT2D eigenvalue weighted by Crippen LogP contribution is 2.26. The lowest BCUT2D eigenvalue weighted by atomic mass is 9.99. The third kappa shape index (κ3) is 43.7. The minimum atomic E-state index is -1.62. The van der Waals surface area contributed by atoms with Crippen LogP contribution in [-0.2, 0) is 23.8 Å². The number of nitrogens with one attached hydrogen (secondary N) is 1. The van der Waals surface area contributed by atoms with Crippen molar-refractivity contribution < 1.29 is 49.3 Å². The van der Waals surface area contributed by atoms with Gasteiger partial charge in [0.25, 0.3) is 0 Å². The first-order chi connectivity index (χ1) is 38.7. The summed E-state index contributed by atoms with van der Waals surface area (Å²) in [5.74, 6) is -1.20. The Morgan fingerprint density at radius 1 is 0.494 bits per heavy atom. The molecular formula is C68H123NO10. The fourth-order valence-corrected chi connectivity index (χ4v) is 10.1. The first kappa shape index (κ1) is 74.4. The van der Waals surface area contributed by atoms with E-state index >= 15 is 0 Å². The van der Waals surface area contributed by atoms with Crippen molar-refractivity contribution in [3.8, 4) is 0 Å². The molecule has 6 N–H and O–H groups in total. The van der Waals surface area contributed by atoms with Gasteiger partial charge in [-0.15, -0.1) is 0 Å². The molecule has 11 nitrogen and oxygen atoms in total. The van der Waals surface area contributed by atoms with Crippen LogP contribution in [0.15, 0.2) is 60.8 Å². The molecule has 11 heteroatoms. The lowest BCUT2D eigenvalue weighted by molar-refractivity contribution is -0.305. The highest BCUT2D eigenvalue weighted by atomic mass is 16.7. The van der Waals surface area contributed by atoms with Crippen LogP contribution in [0.5, 0.6) is 0 Å². The van der Waals surface area contributed by atoms with Crippen LogP contribution in [-0.4, -0.2) is 99.6 Å². The molecule has 8 atom stereocenters. The standard InChI is InChI=1S/C68H123NO10/c1-4-7-10-13-16-19-22-24-26-28-30-32-33-35-37-40-43-46-49-52-55-61(72)67(76)69-59(60(71)54-51-48-45-42-39-21-18-15-12-9-6-3)58-77-68-66(65(75)64(74)62(57-70)78-68)79-63(73)56-53-50-47-44-41-38-36-34-31-29-27-25-23-20-17-14-11-8-5-2/h16,19,24-27,30,32,51,54,59-62,64-66,68,70-72,74-75H,4-15,17-18,20-23,28-29,31,33-50,52-53,55-58H2,1-3H3,(H,69,76)/b19-16-,26-24-,27-25+,32-30-,54-51+. The van der Waals surface area contributed by atoms with Crippen LogP contribution in [0.25, 0.3) is 0 Å². The monoisotopic (exact) mass is 1110 g/mol. The first-order valence-electron chi connectivity index (χ1n) is 33.1. The summed E-state index contributed by atoms with van der Waals surface area (Å²) >= 11 is 0. The summed E-state index contributed by atoms with van der Waals surface area (Å²) in [6.07, 6.45) is 59.7. The number of carbonyl (C=O) groups is 2. The smallest absolute Gasteiger partial charge is 0.306 e. The summed E-state index contributed by atoms with van der Waals surface area (Å²) in [5.41, 5.74) is 0. The summed E-state index contributed by atoms with van der Waals surface area (Å²) in [4.78, 5) is 26.6. The third-order valence-corrected chi connectivity index (χ3v) is 15.4. The van der Waals surface area contributed by atoms with E-state index < -0.39 is 67.4 Å². The van der Waals surface area contributed by atoms with Crippen LogP contribution in [0.3, 0.4) is 0 Å². The zero-order chi connectivity index (χ0) is 57.5. The van der Waals surface area contributed by atoms with E-state index in [-0.39, 0.29) is 19.4 Å². The fourth-order valence-electron chi connectivity index (χ4n) is 10.1. The van der Waals surface area contributed by atoms with Gasteiger partial charge in [-0.3, -0.25) is 9.59 Å². The molecule has 0 aromatic heterocycles. The SMILES string of the molecule is CCCCC/C=C\C/C=C\C/C=C\CCCCCCCCCC(O)C(=O)NC(COC1OC(CO)C(O)C(O)C1OC(=O)CCCCCCCCCCC/C=C/CCCCCCCC)C(O)/C=C/CCCCCCCCCCC. The zero-order valence-electron chi connectivity index (χ0n) is 51.0. The number of carbonyl (C=O) groups excluding carboxylic acids is 2. The molecule has 8 unspecified atom stereocenters. The predicted molar refractivity (Wildman–Crippen MR) is 329 cm³/mol. The van der Waals surface area contributed by atoms with E-state index in [1.54, 1.807) is 6.08 Å². The lowest BCUT2D eigenvalue weighted by Gasteiger charge is -2.41. The number of rotatable bonds is 56. The van der Waals surface area contributed by atoms with Crippen molar-refractivity contribution in [2.45, 2.75) is 346 Å². The second-order valence-electron chi connectivity index (χ2n) is 22.8. The van der Waals surface area contributed by atoms with Gasteiger partial charge in [-0.05, 0) is 89.9 Å². The second-order valence-corrected chi connectivity index (χ2v) is 22.8. The number of esters is 1. The largest absolute Gasteiger partial charge is 0.454 e. The molecule has 0 saturated carbocycles. The maximum absolute atomic E-state index is 13.4. The average Bonchev–Trinajstić information content (AvgIpc) is 3.45. The summed E-state index contributed by atoms with van der Waals surface area (Å²) in [6.45, 7) is 5.77. The van der Waals surface area contributed by atoms with Gasteiger partial charge in [0.2, 0.25) is 5.91 Å². The molecule has 0 aliphatic carbocycles. The number of ether oxygens (including phenoxy) is 3.